The van der Waals surface area contributed by atoms with Crippen LogP contribution in [0.1, 0.15) is 0 Å². The number of ether oxygens (including phenoxy) is 4. The molecular formula is C8H4O7. The highest BCUT2D eigenvalue weighted by molar-refractivity contribution is 6.12. The summed E-state index contributed by atoms with van der Waals surface area (Å²) in [4.78, 5) is 11.6. The second-order valence-electron chi connectivity index (χ2n) is 4.38. The Kier molecular flexibility index (Phi) is 0.747. The molecule has 78 valence electrons. The topological polar surface area (TPSA) is 98.2 Å². The van der Waals surface area contributed by atoms with Crippen LogP contribution in [0.4, 0.5) is 0 Å². The first-order chi connectivity index (χ1) is 7.25. The molecule has 15 heavy (non-hydrogen) atoms. The first kappa shape index (κ1) is 7.15. The Balaban J connectivity index is 1.78. The maximum Gasteiger partial charge on any atom is 0.546 e. The molecule has 4 heterocycles. The third kappa shape index (κ3) is 0.449. The van der Waals surface area contributed by atoms with Crippen LogP contribution in [0.2, 0.25) is 0 Å². The summed E-state index contributed by atoms with van der Waals surface area (Å²) in [6.45, 7) is 0. The molecule has 5 aliphatic rings. The lowest BCUT2D eigenvalue weighted by molar-refractivity contribution is -1.05. The highest BCUT2D eigenvalue weighted by Gasteiger charge is 3.06. The molecule has 4 aliphatic heterocycles. The molecule has 6 unspecified atom stereocenters. The fraction of sp³-hybridized carbons (Fsp3) is 0.750. The van der Waals surface area contributed by atoms with Crippen LogP contribution in [0, 0.1) is 0 Å². The van der Waals surface area contributed by atoms with Gasteiger partial charge in [-0.05, 0) is 0 Å². The first-order valence-electron chi connectivity index (χ1n) is 4.66. The van der Waals surface area contributed by atoms with Crippen LogP contribution >= 0.6 is 0 Å². The van der Waals surface area contributed by atoms with Crippen molar-refractivity contribution in [3.8, 4) is 0 Å². The molecule has 5 rings (SSSR count). The standard InChI is InChI=1S/C8H4O7/c9-5-7-3-1(11-3)2-4(12-2)8(7,15-7)6(13-5)14-10/h1-4H. The number of rotatable bonds is 0. The van der Waals surface area contributed by atoms with Crippen molar-refractivity contribution in [1.82, 2.24) is 0 Å². The van der Waals surface area contributed by atoms with Crippen molar-refractivity contribution in [1.29, 1.82) is 0 Å². The van der Waals surface area contributed by atoms with Crippen molar-refractivity contribution in [3.63, 3.8) is 0 Å². The van der Waals surface area contributed by atoms with Crippen molar-refractivity contribution >= 4 is 11.9 Å². The molecule has 0 amide bonds. The Bertz CT molecular complexity index is 458. The predicted octanol–water partition coefficient (Wildman–Crippen LogP) is -3.06. The monoisotopic (exact) mass is 212 g/mol. The zero-order valence-corrected chi connectivity index (χ0v) is 7.17. The maximum atomic E-state index is 11.6. The van der Waals surface area contributed by atoms with E-state index in [0.29, 0.717) is 0 Å². The fourth-order valence-corrected chi connectivity index (χ4v) is 3.10. The van der Waals surface area contributed by atoms with Crippen LogP contribution in [0.3, 0.4) is 0 Å². The van der Waals surface area contributed by atoms with E-state index in [4.69, 9.17) is 18.9 Å². The Hall–Kier alpha value is -1.18. The summed E-state index contributed by atoms with van der Waals surface area (Å²) in [5, 5.41) is 10.5. The largest absolute Gasteiger partial charge is 0.588 e. The molecule has 0 radical (unpaired) electrons. The van der Waals surface area contributed by atoms with Gasteiger partial charge in [-0.2, -0.15) is 0 Å². The maximum absolute atomic E-state index is 11.6. The lowest BCUT2D eigenvalue weighted by Crippen LogP contribution is -2.44. The molecule has 1 saturated carbocycles. The van der Waals surface area contributed by atoms with Gasteiger partial charge < -0.3 is 19.5 Å². The van der Waals surface area contributed by atoms with Gasteiger partial charge in [0.15, 0.2) is 0 Å². The van der Waals surface area contributed by atoms with Crippen LogP contribution < -0.4 is 5.26 Å². The average Bonchev–Trinajstić information content (AvgIpc) is 3.08. The Morgan fingerprint density at radius 2 is 1.87 bits per heavy atom. The van der Waals surface area contributed by atoms with E-state index in [0.717, 1.165) is 0 Å². The van der Waals surface area contributed by atoms with Crippen LogP contribution in [-0.4, -0.2) is 47.6 Å². The Labute approximate surface area is 82.1 Å². The SMILES string of the molecule is O=C1OC(=[O+][O-])C23OC12C1OC1C1OC13. The van der Waals surface area contributed by atoms with Gasteiger partial charge in [-0.3, -0.25) is 4.58 Å². The number of cyclic esters (lactones) is 2. The van der Waals surface area contributed by atoms with Gasteiger partial charge in [0.1, 0.15) is 24.4 Å². The summed E-state index contributed by atoms with van der Waals surface area (Å²) in [5.74, 6) is -0.927. The number of hydrogen-bond acceptors (Lipinski definition) is 6. The summed E-state index contributed by atoms with van der Waals surface area (Å²) < 4.78 is 24.7. The normalized spacial score (nSPS) is 68.8. The predicted molar refractivity (Wildman–Crippen MR) is 35.0 cm³/mol. The molecule has 0 aromatic heterocycles. The van der Waals surface area contributed by atoms with Crippen LogP contribution in [0.25, 0.3) is 0 Å². The number of hydrogen-bond donors (Lipinski definition) is 0. The first-order valence-corrected chi connectivity index (χ1v) is 4.66. The van der Waals surface area contributed by atoms with Gasteiger partial charge in [-0.1, -0.05) is 0 Å². The third-order valence-electron chi connectivity index (χ3n) is 3.88. The van der Waals surface area contributed by atoms with E-state index >= 15 is 0 Å². The molecule has 5 fully saturated rings. The minimum Gasteiger partial charge on any atom is -0.588 e. The van der Waals surface area contributed by atoms with Crippen molar-refractivity contribution in [2.24, 2.45) is 0 Å². The van der Waals surface area contributed by atoms with Gasteiger partial charge in [0.05, 0.1) is 0 Å². The molecule has 1 aliphatic carbocycles. The summed E-state index contributed by atoms with van der Waals surface area (Å²) in [5.41, 5.74) is -2.27. The molecular weight excluding hydrogens is 208 g/mol. The van der Waals surface area contributed by atoms with Crippen molar-refractivity contribution in [2.45, 2.75) is 35.6 Å². The number of carbonyl (C=O) groups is 1. The minimum absolute atomic E-state index is 0.0923. The van der Waals surface area contributed by atoms with Crippen LogP contribution in [0.5, 0.6) is 0 Å². The van der Waals surface area contributed by atoms with Crippen molar-refractivity contribution < 1.29 is 33.6 Å². The number of epoxide rings is 3. The smallest absolute Gasteiger partial charge is 0.546 e. The molecule has 4 saturated heterocycles. The second-order valence-corrected chi connectivity index (χ2v) is 4.38. The molecule has 0 aromatic carbocycles. The zero-order chi connectivity index (χ0) is 10.00. The van der Waals surface area contributed by atoms with E-state index in [2.05, 4.69) is 4.58 Å². The van der Waals surface area contributed by atoms with Crippen molar-refractivity contribution in [3.05, 3.63) is 0 Å². The van der Waals surface area contributed by atoms with E-state index < -0.39 is 17.2 Å². The number of fused-ring (bicyclic) bond motifs is 3. The number of carbonyl (C=O) groups excluding carboxylic acids is 2. The Morgan fingerprint density at radius 3 is 2.53 bits per heavy atom. The van der Waals surface area contributed by atoms with Gasteiger partial charge in [-0.25, -0.2) is 9.53 Å². The molecule has 7 nitrogen and oxygen atoms in total. The van der Waals surface area contributed by atoms with Gasteiger partial charge >= 0.3 is 11.9 Å². The van der Waals surface area contributed by atoms with Gasteiger partial charge in [0.25, 0.3) is 11.2 Å². The molecule has 7 heteroatoms. The van der Waals surface area contributed by atoms with Crippen LogP contribution in [0.15, 0.2) is 0 Å². The van der Waals surface area contributed by atoms with E-state index in [-0.39, 0.29) is 30.4 Å². The summed E-state index contributed by atoms with van der Waals surface area (Å²) in [6, 6.07) is 0. The number of esters is 2. The minimum atomic E-state index is -1.16. The van der Waals surface area contributed by atoms with Gasteiger partial charge in [0, 0.05) is 0 Å². The Morgan fingerprint density at radius 1 is 1.20 bits per heavy atom. The quantitative estimate of drug-likeness (QED) is 0.105. The molecule has 0 bridgehead atoms. The molecule has 0 aromatic rings. The zero-order valence-electron chi connectivity index (χ0n) is 7.17. The van der Waals surface area contributed by atoms with Crippen molar-refractivity contribution in [2.75, 3.05) is 0 Å². The second kappa shape index (κ2) is 1.57. The van der Waals surface area contributed by atoms with E-state index in [9.17, 15) is 10.1 Å². The lowest BCUT2D eigenvalue weighted by Gasteiger charge is -2.00. The molecule has 0 spiro atoms. The highest BCUT2D eigenvalue weighted by atomic mass is 17.1. The van der Waals surface area contributed by atoms with E-state index in [1.54, 1.807) is 0 Å². The van der Waals surface area contributed by atoms with Gasteiger partial charge in [0.2, 0.25) is 0 Å². The summed E-state index contributed by atoms with van der Waals surface area (Å²) >= 11 is 0. The average molecular weight is 212 g/mol. The third-order valence-corrected chi connectivity index (χ3v) is 3.88. The van der Waals surface area contributed by atoms with Gasteiger partial charge in [-0.15, -0.1) is 0 Å². The lowest BCUT2D eigenvalue weighted by atomic mass is 9.81. The van der Waals surface area contributed by atoms with E-state index in [1.165, 1.54) is 0 Å². The summed E-state index contributed by atoms with van der Waals surface area (Å²) in [6.07, 6.45) is -0.868. The molecule has 0 N–H and O–H groups in total. The summed E-state index contributed by atoms with van der Waals surface area (Å²) in [7, 11) is 0. The fourth-order valence-electron chi connectivity index (χ4n) is 3.10. The molecule has 6 atom stereocenters. The van der Waals surface area contributed by atoms with E-state index in [1.807, 2.05) is 0 Å². The van der Waals surface area contributed by atoms with Crippen LogP contribution in [-0.2, 0) is 28.3 Å². The highest BCUT2D eigenvalue weighted by Crippen LogP contribution is 2.72.